The Labute approximate surface area is 455 Å². The lowest BCUT2D eigenvalue weighted by molar-refractivity contribution is -0.140. The minimum atomic E-state index is -0.865. The molecule has 7 N–H and O–H groups in total. The molecule has 0 amide bonds. The number of methoxy groups -OCH3 is 2. The number of nitrogens with one attached hydrogen (secondary N) is 4. The highest BCUT2D eigenvalue weighted by atomic mass is 32.2. The average molecular weight is 1090 g/mol. The van der Waals surface area contributed by atoms with Crippen molar-refractivity contribution in [3.8, 4) is 34.4 Å². The number of H-pyrrole nitrogens is 2. The molecule has 20 heteroatoms. The van der Waals surface area contributed by atoms with Gasteiger partial charge in [0.15, 0.2) is 0 Å². The summed E-state index contributed by atoms with van der Waals surface area (Å²) in [5.41, 5.74) is 11.6. The van der Waals surface area contributed by atoms with Crippen LogP contribution >= 0.6 is 23.5 Å². The minimum Gasteiger partial charge on any atom is -0.496 e. The van der Waals surface area contributed by atoms with Crippen molar-refractivity contribution in [2.24, 2.45) is 0 Å². The third kappa shape index (κ3) is 11.7. The first kappa shape index (κ1) is 52.7. The molecule has 4 unspecified atom stereocenters. The summed E-state index contributed by atoms with van der Waals surface area (Å²) in [5.74, 6) is 0.946. The number of carboxylic acid groups (broad SMARTS) is 3. The number of benzene rings is 6. The predicted octanol–water partition coefficient (Wildman–Crippen LogP) is 10.5. The number of nitrogens with zero attached hydrogens (tertiary/aromatic N) is 4. The van der Waals surface area contributed by atoms with Gasteiger partial charge in [-0.2, -0.15) is 0 Å². The Morgan fingerprint density at radius 3 is 1.32 bits per heavy atom. The maximum absolute atomic E-state index is 12.0. The van der Waals surface area contributed by atoms with Crippen LogP contribution in [0.2, 0.25) is 0 Å². The van der Waals surface area contributed by atoms with Crippen molar-refractivity contribution in [3.63, 3.8) is 0 Å². The van der Waals surface area contributed by atoms with Gasteiger partial charge in [0, 0.05) is 86.7 Å². The average Bonchev–Trinajstić information content (AvgIpc) is 4.49. The van der Waals surface area contributed by atoms with Crippen LogP contribution in [0.4, 0.5) is 0 Å². The largest absolute Gasteiger partial charge is 0.496 e. The van der Waals surface area contributed by atoms with Gasteiger partial charge >= 0.3 is 11.9 Å². The first-order valence-corrected chi connectivity index (χ1v) is 26.6. The third-order valence-corrected chi connectivity index (χ3v) is 15.0. The van der Waals surface area contributed by atoms with Crippen molar-refractivity contribution in [3.05, 3.63) is 190 Å². The summed E-state index contributed by atoms with van der Waals surface area (Å²) in [6.07, 6.45) is 0.843. The van der Waals surface area contributed by atoms with Crippen LogP contribution in [-0.4, -0.2) is 89.9 Å². The van der Waals surface area contributed by atoms with E-state index in [9.17, 15) is 19.8 Å². The number of thioether (sulfide) groups is 2. The zero-order chi connectivity index (χ0) is 54.3. The lowest BCUT2D eigenvalue weighted by Crippen LogP contribution is -2.45. The molecule has 18 nitrogen and oxygen atoms in total. The smallest absolute Gasteiger partial charge is 0.321 e. The maximum atomic E-state index is 12.0. The molecule has 0 radical (unpaired) electrons. The van der Waals surface area contributed by atoms with Crippen molar-refractivity contribution < 1.29 is 48.0 Å². The minimum absolute atomic E-state index is 0.306. The molecule has 10 aromatic rings. The number of ether oxygens (including phenoxy) is 2. The predicted molar refractivity (Wildman–Crippen MR) is 295 cm³/mol. The number of hydrogen-bond acceptors (Lipinski definition) is 15. The van der Waals surface area contributed by atoms with Gasteiger partial charge in [0.1, 0.15) is 23.6 Å². The Kier molecular flexibility index (Phi) is 16.0. The molecule has 2 aliphatic heterocycles. The van der Waals surface area contributed by atoms with Crippen LogP contribution in [-0.2, 0) is 38.7 Å². The van der Waals surface area contributed by atoms with E-state index in [-0.39, 0.29) is 12.1 Å². The fourth-order valence-corrected chi connectivity index (χ4v) is 11.2. The number of rotatable bonds is 14. The zero-order valence-electron chi connectivity index (χ0n) is 42.3. The Balaban J connectivity index is 0.000000165. The molecule has 0 bridgehead atoms. The van der Waals surface area contributed by atoms with Crippen molar-refractivity contribution in [2.75, 3.05) is 14.2 Å². The molecule has 4 aromatic heterocycles. The molecule has 78 heavy (non-hydrogen) atoms. The number of aliphatic carboxylic acids is 3. The number of aromatic amines is 2. The second kappa shape index (κ2) is 23.7. The van der Waals surface area contributed by atoms with Gasteiger partial charge in [-0.3, -0.25) is 25.0 Å². The third-order valence-electron chi connectivity index (χ3n) is 13.3. The lowest BCUT2D eigenvalue weighted by atomic mass is 9.90. The van der Waals surface area contributed by atoms with Gasteiger partial charge in [-0.1, -0.05) is 108 Å². The van der Waals surface area contributed by atoms with Gasteiger partial charge in [-0.15, -0.1) is 20.4 Å². The molecule has 0 aliphatic carbocycles. The van der Waals surface area contributed by atoms with Gasteiger partial charge in [-0.25, -0.2) is 0 Å². The first-order chi connectivity index (χ1) is 37.9. The number of fused-ring (bicyclic) bond motifs is 6. The van der Waals surface area contributed by atoms with E-state index in [4.69, 9.17) is 28.2 Å². The van der Waals surface area contributed by atoms with E-state index >= 15 is 0 Å². The topological polar surface area (TPSA) is 264 Å². The molecule has 6 heterocycles. The summed E-state index contributed by atoms with van der Waals surface area (Å²) in [6, 6.07) is 45.2. The van der Waals surface area contributed by atoms with Gasteiger partial charge in [-0.05, 0) is 82.9 Å². The number of aromatic nitrogens is 6. The van der Waals surface area contributed by atoms with E-state index in [0.29, 0.717) is 46.6 Å². The Bertz CT molecular complexity index is 3510. The number of hydrogen-bond donors (Lipinski definition) is 7. The Hall–Kier alpha value is -8.69. The molecule has 12 rings (SSSR count). The van der Waals surface area contributed by atoms with E-state index in [2.05, 4.69) is 53.1 Å². The first-order valence-electron chi connectivity index (χ1n) is 24.7. The van der Waals surface area contributed by atoms with E-state index in [1.54, 1.807) is 14.2 Å². The molecule has 0 saturated heterocycles. The van der Waals surface area contributed by atoms with Crippen LogP contribution in [0.1, 0.15) is 63.8 Å². The summed E-state index contributed by atoms with van der Waals surface area (Å²) in [6.45, 7) is 1.08. The monoisotopic (exact) mass is 1080 g/mol. The van der Waals surface area contributed by atoms with Crippen LogP contribution in [0.15, 0.2) is 165 Å². The molecule has 2 aliphatic rings. The normalized spacial score (nSPS) is 16.4. The van der Waals surface area contributed by atoms with Gasteiger partial charge in [0.25, 0.3) is 16.4 Å². The van der Waals surface area contributed by atoms with Crippen LogP contribution in [0.5, 0.6) is 11.5 Å². The number of para-hydroxylation sites is 2. The lowest BCUT2D eigenvalue weighted by Gasteiger charge is -2.30. The Morgan fingerprint density at radius 1 is 0.551 bits per heavy atom. The molecular formula is C58H52N8O10S2. The standard InChI is InChI=1S/2C28H24N4O4S.C2H4O2/c2*1-35-23-12-11-17(13-18(23)15-37-28-32-31-26(36-28)16-7-3-2-4-8-16)24-25-20(14-22(30-24)27(33)34)19-9-5-6-10-21(19)29-25;1-2(3)4/h2*2-13,22,24,29-30H,14-15H2,1H3,(H,33,34);1H3,(H,3,4). The van der Waals surface area contributed by atoms with Crippen LogP contribution in [0, 0.1) is 0 Å². The van der Waals surface area contributed by atoms with Crippen LogP contribution in [0.25, 0.3) is 44.7 Å². The van der Waals surface area contributed by atoms with Crippen molar-refractivity contribution in [1.82, 2.24) is 41.0 Å². The molecule has 6 aromatic carbocycles. The van der Waals surface area contributed by atoms with Crippen molar-refractivity contribution >= 4 is 63.2 Å². The second-order valence-electron chi connectivity index (χ2n) is 18.2. The molecular weight excluding hydrogens is 1030 g/mol. The molecule has 4 atom stereocenters. The summed E-state index contributed by atoms with van der Waals surface area (Å²) in [5, 5.41) is 53.5. The molecule has 396 valence electrons. The fourth-order valence-electron chi connectivity index (χ4n) is 9.70. The molecule has 0 saturated carbocycles. The molecule has 0 fully saturated rings. The molecule has 0 spiro atoms. The van der Waals surface area contributed by atoms with Crippen molar-refractivity contribution in [1.29, 1.82) is 0 Å². The second-order valence-corrected chi connectivity index (χ2v) is 20.1. The Morgan fingerprint density at radius 2 is 0.936 bits per heavy atom. The highest BCUT2D eigenvalue weighted by Crippen LogP contribution is 2.40. The van der Waals surface area contributed by atoms with Crippen LogP contribution < -0.4 is 20.1 Å². The summed E-state index contributed by atoms with van der Waals surface area (Å²) in [7, 11) is 3.27. The summed E-state index contributed by atoms with van der Waals surface area (Å²) < 4.78 is 22.9. The van der Waals surface area contributed by atoms with E-state index in [1.807, 2.05) is 133 Å². The fraction of sp³-hybridized carbons (Fsp3) is 0.190. The summed E-state index contributed by atoms with van der Waals surface area (Å²) >= 11 is 2.85. The van der Waals surface area contributed by atoms with Gasteiger partial charge in [0.2, 0.25) is 11.8 Å². The highest BCUT2D eigenvalue weighted by Gasteiger charge is 2.36. The SMILES string of the molecule is CC(=O)O.COc1ccc(C2NC(C(=O)O)Cc3c2[nH]c2ccccc32)cc1CSc1nnc(-c2ccccc2)o1.COc1ccc(C2NC(C(=O)O)Cc3c2[nH]c2ccccc32)cc1CSc1nnc(-c2ccccc2)o1. The van der Waals surface area contributed by atoms with Crippen molar-refractivity contribution in [2.45, 2.75) is 65.9 Å². The van der Waals surface area contributed by atoms with E-state index in [0.717, 1.165) is 96.1 Å². The summed E-state index contributed by atoms with van der Waals surface area (Å²) in [4.78, 5) is 40.1. The maximum Gasteiger partial charge on any atom is 0.321 e. The number of carbonyl (C=O) groups is 3. The van der Waals surface area contributed by atoms with Gasteiger partial charge < -0.3 is 43.6 Å². The number of carboxylic acids is 3. The van der Waals surface area contributed by atoms with Crippen LogP contribution in [0.3, 0.4) is 0 Å². The van der Waals surface area contributed by atoms with Gasteiger partial charge in [0.05, 0.1) is 26.3 Å². The van der Waals surface area contributed by atoms with E-state index < -0.39 is 30.0 Å². The van der Waals surface area contributed by atoms with E-state index in [1.165, 1.54) is 23.5 Å². The highest BCUT2D eigenvalue weighted by molar-refractivity contribution is 7.98. The zero-order valence-corrected chi connectivity index (χ0v) is 43.9. The quantitative estimate of drug-likeness (QED) is 0.0499.